The number of aryl methyl sites for hydroxylation is 1. The van der Waals surface area contributed by atoms with Crippen LogP contribution < -0.4 is 0 Å². The van der Waals surface area contributed by atoms with Crippen molar-refractivity contribution in [3.8, 4) is 0 Å². The number of hydrogen-bond acceptors (Lipinski definition) is 2. The van der Waals surface area contributed by atoms with E-state index in [1.165, 1.54) is 6.92 Å². The maximum atomic E-state index is 10.7. The van der Waals surface area contributed by atoms with Gasteiger partial charge in [-0.05, 0) is 25.0 Å². The second-order valence-corrected chi connectivity index (χ2v) is 3.19. The summed E-state index contributed by atoms with van der Waals surface area (Å²) in [6.07, 6.45) is 0. The Morgan fingerprint density at radius 3 is 2.38 bits per heavy atom. The molecule has 0 saturated carbocycles. The number of hydrogen-bond donors (Lipinski definition) is 2. The van der Waals surface area contributed by atoms with Gasteiger partial charge in [-0.2, -0.15) is 0 Å². The molecule has 1 aromatic rings. The first-order valence-electron chi connectivity index (χ1n) is 3.98. The molecule has 13 heavy (non-hydrogen) atoms. The Morgan fingerprint density at radius 2 is 1.92 bits per heavy atom. The summed E-state index contributed by atoms with van der Waals surface area (Å²) in [7, 11) is 0. The molecule has 0 aliphatic heterocycles. The zero-order valence-corrected chi connectivity index (χ0v) is 7.61. The van der Waals surface area contributed by atoms with Crippen LogP contribution in [0.5, 0.6) is 0 Å². The fraction of sp³-hybridized carbons (Fsp3) is 0.300. The average molecular weight is 180 g/mol. The molecule has 0 radical (unpaired) electrons. The van der Waals surface area contributed by atoms with Crippen LogP contribution in [0.25, 0.3) is 0 Å². The van der Waals surface area contributed by atoms with Gasteiger partial charge in [0.25, 0.3) is 0 Å². The minimum Gasteiger partial charge on any atom is -0.479 e. The third-order valence-electron chi connectivity index (χ3n) is 2.09. The molecule has 1 rings (SSSR count). The highest BCUT2D eigenvalue weighted by Crippen LogP contribution is 2.23. The summed E-state index contributed by atoms with van der Waals surface area (Å²) in [4.78, 5) is 10.7. The molecule has 0 bridgehead atoms. The standard InChI is InChI=1S/C10H12O3/c1-7-5-3-4-6-8(7)10(2,13)9(11)12/h3-6,13H,1-2H3,(H,11,12)/t10-/m1/s1. The van der Waals surface area contributed by atoms with Crippen molar-refractivity contribution in [3.05, 3.63) is 35.4 Å². The van der Waals surface area contributed by atoms with E-state index in [4.69, 9.17) is 5.11 Å². The molecule has 0 amide bonds. The summed E-state index contributed by atoms with van der Waals surface area (Å²) < 4.78 is 0. The van der Waals surface area contributed by atoms with Crippen LogP contribution in [0, 0.1) is 6.92 Å². The minimum absolute atomic E-state index is 0.433. The van der Waals surface area contributed by atoms with Gasteiger partial charge in [-0.3, -0.25) is 0 Å². The van der Waals surface area contributed by atoms with Crippen molar-refractivity contribution >= 4 is 5.97 Å². The van der Waals surface area contributed by atoms with Gasteiger partial charge in [0.2, 0.25) is 0 Å². The van der Waals surface area contributed by atoms with Crippen LogP contribution in [-0.2, 0) is 10.4 Å². The maximum Gasteiger partial charge on any atom is 0.340 e. The van der Waals surface area contributed by atoms with Crippen molar-refractivity contribution in [3.63, 3.8) is 0 Å². The highest BCUT2D eigenvalue weighted by Gasteiger charge is 2.33. The number of rotatable bonds is 2. The molecule has 0 fully saturated rings. The third-order valence-corrected chi connectivity index (χ3v) is 2.09. The smallest absolute Gasteiger partial charge is 0.340 e. The number of benzene rings is 1. The van der Waals surface area contributed by atoms with E-state index >= 15 is 0 Å². The number of carboxylic acid groups (broad SMARTS) is 1. The van der Waals surface area contributed by atoms with Gasteiger partial charge in [0.15, 0.2) is 5.60 Å². The van der Waals surface area contributed by atoms with Crippen molar-refractivity contribution < 1.29 is 15.0 Å². The molecule has 1 atom stereocenters. The first-order chi connectivity index (χ1) is 5.96. The predicted molar refractivity (Wildman–Crippen MR) is 48.4 cm³/mol. The molecule has 2 N–H and O–H groups in total. The van der Waals surface area contributed by atoms with Crippen LogP contribution in [0.15, 0.2) is 24.3 Å². The van der Waals surface area contributed by atoms with Crippen LogP contribution in [0.3, 0.4) is 0 Å². The van der Waals surface area contributed by atoms with Crippen molar-refractivity contribution in [1.29, 1.82) is 0 Å². The van der Waals surface area contributed by atoms with Crippen molar-refractivity contribution in [1.82, 2.24) is 0 Å². The highest BCUT2D eigenvalue weighted by molar-refractivity contribution is 5.79. The zero-order chi connectivity index (χ0) is 10.1. The Hall–Kier alpha value is -1.35. The van der Waals surface area contributed by atoms with Crippen LogP contribution in [0.4, 0.5) is 0 Å². The van der Waals surface area contributed by atoms with Gasteiger partial charge in [-0.25, -0.2) is 4.79 Å². The van der Waals surface area contributed by atoms with Gasteiger partial charge in [0, 0.05) is 0 Å². The molecule has 0 aromatic heterocycles. The lowest BCUT2D eigenvalue weighted by molar-refractivity contribution is -0.157. The number of aliphatic carboxylic acids is 1. The van der Waals surface area contributed by atoms with Gasteiger partial charge in [0.05, 0.1) is 0 Å². The molecule has 3 heteroatoms. The summed E-state index contributed by atoms with van der Waals surface area (Å²) in [6.45, 7) is 3.05. The molecule has 70 valence electrons. The van der Waals surface area contributed by atoms with Crippen molar-refractivity contribution in [2.75, 3.05) is 0 Å². The van der Waals surface area contributed by atoms with Crippen LogP contribution in [-0.4, -0.2) is 16.2 Å². The molecule has 0 aliphatic rings. The monoisotopic (exact) mass is 180 g/mol. The second-order valence-electron chi connectivity index (χ2n) is 3.19. The molecular formula is C10H12O3. The first-order valence-corrected chi connectivity index (χ1v) is 3.98. The Kier molecular flexibility index (Phi) is 2.38. The lowest BCUT2D eigenvalue weighted by atomic mass is 9.92. The number of aliphatic hydroxyl groups is 1. The fourth-order valence-electron chi connectivity index (χ4n) is 1.23. The Balaban J connectivity index is 3.22. The minimum atomic E-state index is -1.80. The Morgan fingerprint density at radius 1 is 1.38 bits per heavy atom. The summed E-state index contributed by atoms with van der Waals surface area (Å²) >= 11 is 0. The first kappa shape index (κ1) is 9.74. The van der Waals surface area contributed by atoms with Crippen LogP contribution in [0.2, 0.25) is 0 Å². The Bertz CT molecular complexity index is 329. The third kappa shape index (κ3) is 1.70. The van der Waals surface area contributed by atoms with Crippen LogP contribution in [0.1, 0.15) is 18.1 Å². The van der Waals surface area contributed by atoms with E-state index in [0.717, 1.165) is 5.56 Å². The largest absolute Gasteiger partial charge is 0.479 e. The summed E-state index contributed by atoms with van der Waals surface area (Å²) in [5.74, 6) is -1.23. The molecule has 0 heterocycles. The average Bonchev–Trinajstić information content (AvgIpc) is 2.04. The quantitative estimate of drug-likeness (QED) is 0.721. The number of carbonyl (C=O) groups is 1. The van der Waals surface area contributed by atoms with E-state index < -0.39 is 11.6 Å². The van der Waals surface area contributed by atoms with Crippen LogP contribution >= 0.6 is 0 Å². The van der Waals surface area contributed by atoms with Gasteiger partial charge >= 0.3 is 5.97 Å². The second kappa shape index (κ2) is 3.18. The summed E-state index contributed by atoms with van der Waals surface area (Å²) in [5, 5.41) is 18.4. The normalized spacial score (nSPS) is 15.0. The van der Waals surface area contributed by atoms with Crippen molar-refractivity contribution in [2.45, 2.75) is 19.4 Å². The van der Waals surface area contributed by atoms with Gasteiger partial charge in [-0.15, -0.1) is 0 Å². The molecule has 0 saturated heterocycles. The molecule has 0 unspecified atom stereocenters. The SMILES string of the molecule is Cc1ccccc1[C@@](C)(O)C(=O)O. The summed E-state index contributed by atoms with van der Waals surface area (Å²) in [6, 6.07) is 6.90. The van der Waals surface area contributed by atoms with Crippen molar-refractivity contribution in [2.24, 2.45) is 0 Å². The molecule has 0 spiro atoms. The van der Waals surface area contributed by atoms with E-state index in [9.17, 15) is 9.90 Å². The summed E-state index contributed by atoms with van der Waals surface area (Å²) in [5.41, 5.74) is -0.594. The van der Waals surface area contributed by atoms with E-state index in [-0.39, 0.29) is 0 Å². The zero-order valence-electron chi connectivity index (χ0n) is 7.61. The van der Waals surface area contributed by atoms with Gasteiger partial charge < -0.3 is 10.2 Å². The van der Waals surface area contributed by atoms with E-state index in [1.807, 2.05) is 0 Å². The van der Waals surface area contributed by atoms with E-state index in [2.05, 4.69) is 0 Å². The topological polar surface area (TPSA) is 57.5 Å². The number of carboxylic acids is 1. The molecule has 0 aliphatic carbocycles. The van der Waals surface area contributed by atoms with E-state index in [1.54, 1.807) is 31.2 Å². The molecular weight excluding hydrogens is 168 g/mol. The lowest BCUT2D eigenvalue weighted by Gasteiger charge is -2.20. The molecule has 1 aromatic carbocycles. The van der Waals surface area contributed by atoms with E-state index in [0.29, 0.717) is 5.56 Å². The fourth-order valence-corrected chi connectivity index (χ4v) is 1.23. The van der Waals surface area contributed by atoms with Gasteiger partial charge in [0.1, 0.15) is 0 Å². The molecule has 3 nitrogen and oxygen atoms in total. The maximum absolute atomic E-state index is 10.7. The van der Waals surface area contributed by atoms with Gasteiger partial charge in [-0.1, -0.05) is 24.3 Å². The highest BCUT2D eigenvalue weighted by atomic mass is 16.4. The Labute approximate surface area is 76.6 Å². The lowest BCUT2D eigenvalue weighted by Crippen LogP contribution is -2.32. The predicted octanol–water partition coefficient (Wildman–Crippen LogP) is 1.29.